The van der Waals surface area contributed by atoms with Crippen molar-refractivity contribution in [2.75, 3.05) is 0 Å². The highest BCUT2D eigenvalue weighted by molar-refractivity contribution is 5.96. The summed E-state index contributed by atoms with van der Waals surface area (Å²) in [5, 5.41) is 1.22. The van der Waals surface area contributed by atoms with Crippen molar-refractivity contribution >= 4 is 11.0 Å². The van der Waals surface area contributed by atoms with Crippen molar-refractivity contribution in [2.45, 2.75) is 66.2 Å². The topological polar surface area (TPSA) is 13.1 Å². The monoisotopic (exact) mass is 334 g/mol. The summed E-state index contributed by atoms with van der Waals surface area (Å²) in [6, 6.07) is 11.3. The minimum atomic E-state index is 0.0395. The summed E-state index contributed by atoms with van der Waals surface area (Å²) in [5.74, 6) is 0. The Labute approximate surface area is 152 Å². The molecule has 0 unspecified atom stereocenters. The Bertz CT molecular complexity index is 927. The summed E-state index contributed by atoms with van der Waals surface area (Å²) in [6.07, 6.45) is 1.93. The quantitative estimate of drug-likeness (QED) is 0.454. The molecule has 0 N–H and O–H groups in total. The molecule has 0 amide bonds. The molecule has 0 radical (unpaired) electrons. The lowest BCUT2D eigenvalue weighted by Gasteiger charge is -2.25. The van der Waals surface area contributed by atoms with E-state index in [9.17, 15) is 0 Å². The van der Waals surface area contributed by atoms with Crippen LogP contribution in [0.4, 0.5) is 0 Å². The predicted octanol–water partition coefficient (Wildman–Crippen LogP) is 7.31. The second kappa shape index (κ2) is 5.76. The lowest BCUT2D eigenvalue weighted by Crippen LogP contribution is -2.16. The molecule has 1 nitrogen and oxygen atoms in total. The molecule has 0 saturated carbocycles. The Morgan fingerprint density at radius 3 is 2.00 bits per heavy atom. The van der Waals surface area contributed by atoms with Gasteiger partial charge in [0.2, 0.25) is 0 Å². The highest BCUT2D eigenvalue weighted by Crippen LogP contribution is 2.40. The first kappa shape index (κ1) is 17.8. The average molecular weight is 335 g/mol. The van der Waals surface area contributed by atoms with E-state index in [1.165, 1.54) is 38.8 Å². The fourth-order valence-electron chi connectivity index (χ4n) is 3.26. The van der Waals surface area contributed by atoms with E-state index in [1.54, 1.807) is 0 Å². The molecule has 3 rings (SSSR count). The van der Waals surface area contributed by atoms with Crippen molar-refractivity contribution in [1.82, 2.24) is 0 Å². The molecule has 1 heteroatoms. The van der Waals surface area contributed by atoms with Crippen LogP contribution in [-0.2, 0) is 10.8 Å². The summed E-state index contributed by atoms with van der Waals surface area (Å²) in [4.78, 5) is 0. The highest BCUT2D eigenvalue weighted by atomic mass is 16.3. The van der Waals surface area contributed by atoms with Crippen molar-refractivity contribution in [3.05, 3.63) is 58.8 Å². The Morgan fingerprint density at radius 1 is 0.760 bits per heavy atom. The molecule has 0 aliphatic rings. The number of hydrogen-bond donors (Lipinski definition) is 0. The Balaban J connectivity index is 2.34. The molecule has 0 spiro atoms. The first-order valence-electron chi connectivity index (χ1n) is 9.12. The van der Waals surface area contributed by atoms with Crippen LogP contribution in [0, 0.1) is 13.8 Å². The van der Waals surface area contributed by atoms with Crippen molar-refractivity contribution < 1.29 is 4.42 Å². The number of benzene rings is 2. The van der Waals surface area contributed by atoms with Crippen LogP contribution in [-0.4, -0.2) is 0 Å². The molecule has 132 valence electrons. The Kier molecular flexibility index (Phi) is 4.10. The molecule has 0 bridgehead atoms. The molecule has 2 aromatic carbocycles. The predicted molar refractivity (Wildman–Crippen MR) is 109 cm³/mol. The molecular formula is C24H30O. The smallest absolute Gasteiger partial charge is 0.138 e. The van der Waals surface area contributed by atoms with Crippen molar-refractivity contribution in [3.63, 3.8) is 0 Å². The van der Waals surface area contributed by atoms with E-state index in [1.807, 2.05) is 6.26 Å². The van der Waals surface area contributed by atoms with E-state index < -0.39 is 0 Å². The van der Waals surface area contributed by atoms with E-state index in [0.717, 1.165) is 5.58 Å². The van der Waals surface area contributed by atoms with Gasteiger partial charge in [0.15, 0.2) is 0 Å². The van der Waals surface area contributed by atoms with Crippen LogP contribution in [0.1, 0.15) is 63.8 Å². The average Bonchev–Trinajstić information content (AvgIpc) is 2.91. The van der Waals surface area contributed by atoms with Gasteiger partial charge in [0.1, 0.15) is 5.58 Å². The van der Waals surface area contributed by atoms with Gasteiger partial charge in [0, 0.05) is 16.5 Å². The lowest BCUT2D eigenvalue weighted by atomic mass is 9.79. The number of rotatable bonds is 1. The fraction of sp³-hybridized carbons (Fsp3) is 0.417. The van der Waals surface area contributed by atoms with Crippen LogP contribution in [0.5, 0.6) is 0 Å². The third-order valence-electron chi connectivity index (χ3n) is 5.17. The highest BCUT2D eigenvalue weighted by Gasteiger charge is 2.25. The summed E-state index contributed by atoms with van der Waals surface area (Å²) in [5.41, 5.74) is 8.86. The van der Waals surface area contributed by atoms with E-state index in [2.05, 4.69) is 85.7 Å². The van der Waals surface area contributed by atoms with Gasteiger partial charge < -0.3 is 4.42 Å². The second-order valence-corrected chi connectivity index (χ2v) is 9.35. The molecule has 0 aliphatic heterocycles. The normalized spacial score (nSPS) is 12.8. The second-order valence-electron chi connectivity index (χ2n) is 9.35. The van der Waals surface area contributed by atoms with E-state index >= 15 is 0 Å². The largest absolute Gasteiger partial charge is 0.463 e. The van der Waals surface area contributed by atoms with Gasteiger partial charge in [0.25, 0.3) is 0 Å². The number of furan rings is 1. The summed E-state index contributed by atoms with van der Waals surface area (Å²) < 4.78 is 6.10. The fourth-order valence-corrected chi connectivity index (χ4v) is 3.26. The zero-order valence-electron chi connectivity index (χ0n) is 16.9. The molecule has 25 heavy (non-hydrogen) atoms. The van der Waals surface area contributed by atoms with Crippen LogP contribution in [0.2, 0.25) is 0 Å². The number of aryl methyl sites for hydroxylation is 2. The maximum absolute atomic E-state index is 6.10. The maximum atomic E-state index is 6.10. The molecule has 0 atom stereocenters. The van der Waals surface area contributed by atoms with Gasteiger partial charge in [-0.1, -0.05) is 65.8 Å². The summed E-state index contributed by atoms with van der Waals surface area (Å²) in [6.45, 7) is 17.9. The van der Waals surface area contributed by atoms with Crippen LogP contribution in [0.3, 0.4) is 0 Å². The molecule has 0 saturated heterocycles. The van der Waals surface area contributed by atoms with Crippen LogP contribution in [0.15, 0.2) is 41.0 Å². The first-order chi connectivity index (χ1) is 11.5. The van der Waals surface area contributed by atoms with Gasteiger partial charge in [-0.3, -0.25) is 0 Å². The third-order valence-corrected chi connectivity index (χ3v) is 5.17. The van der Waals surface area contributed by atoms with Crippen LogP contribution < -0.4 is 0 Å². The number of fused-ring (bicyclic) bond motifs is 1. The molecule has 1 heterocycles. The van der Waals surface area contributed by atoms with Gasteiger partial charge in [-0.25, -0.2) is 0 Å². The molecule has 1 aromatic heterocycles. The zero-order valence-corrected chi connectivity index (χ0v) is 16.9. The van der Waals surface area contributed by atoms with Crippen molar-refractivity contribution in [3.8, 4) is 11.1 Å². The van der Waals surface area contributed by atoms with Gasteiger partial charge in [-0.05, 0) is 53.0 Å². The van der Waals surface area contributed by atoms with Crippen LogP contribution in [0.25, 0.3) is 22.1 Å². The van der Waals surface area contributed by atoms with Gasteiger partial charge in [0.05, 0.1) is 6.26 Å². The van der Waals surface area contributed by atoms with Crippen molar-refractivity contribution in [1.29, 1.82) is 0 Å². The Morgan fingerprint density at radius 2 is 1.44 bits per heavy atom. The molecule has 3 aromatic rings. The van der Waals surface area contributed by atoms with E-state index in [-0.39, 0.29) is 10.8 Å². The summed E-state index contributed by atoms with van der Waals surface area (Å²) in [7, 11) is 0. The van der Waals surface area contributed by atoms with Gasteiger partial charge in [-0.15, -0.1) is 0 Å². The van der Waals surface area contributed by atoms with E-state index in [0.29, 0.717) is 0 Å². The van der Waals surface area contributed by atoms with E-state index in [4.69, 9.17) is 4.42 Å². The summed E-state index contributed by atoms with van der Waals surface area (Å²) >= 11 is 0. The standard InChI is InChI=1S/C24H30O/c1-15-9-10-17(11-16(15)2)20-14-25-22-19(20)12-18(23(3,4)5)13-21(22)24(6,7)8/h9-14H,1-8H3. The van der Waals surface area contributed by atoms with Crippen molar-refractivity contribution in [2.24, 2.45) is 0 Å². The first-order valence-corrected chi connectivity index (χ1v) is 9.12. The molecular weight excluding hydrogens is 304 g/mol. The molecule has 0 fully saturated rings. The van der Waals surface area contributed by atoms with Gasteiger partial charge in [-0.2, -0.15) is 0 Å². The minimum absolute atomic E-state index is 0.0395. The third kappa shape index (κ3) is 3.25. The zero-order chi connectivity index (χ0) is 18.6. The Hall–Kier alpha value is -2.02. The lowest BCUT2D eigenvalue weighted by molar-refractivity contribution is 0.550. The van der Waals surface area contributed by atoms with Gasteiger partial charge >= 0.3 is 0 Å². The minimum Gasteiger partial charge on any atom is -0.463 e. The SMILES string of the molecule is Cc1ccc(-c2coc3c(C(C)(C)C)cc(C(C)(C)C)cc23)cc1C. The molecule has 0 aliphatic carbocycles. The number of hydrogen-bond acceptors (Lipinski definition) is 1. The van der Waals surface area contributed by atoms with Crippen LogP contribution >= 0.6 is 0 Å². The maximum Gasteiger partial charge on any atom is 0.138 e.